The van der Waals surface area contributed by atoms with Gasteiger partial charge in [0.05, 0.1) is 6.04 Å². The van der Waals surface area contributed by atoms with Crippen molar-refractivity contribution in [3.63, 3.8) is 0 Å². The highest BCUT2D eigenvalue weighted by Crippen LogP contribution is 2.37. The van der Waals surface area contributed by atoms with Gasteiger partial charge in [0.1, 0.15) is 12.4 Å². The van der Waals surface area contributed by atoms with Crippen LogP contribution in [0.4, 0.5) is 0 Å². The Morgan fingerprint density at radius 2 is 2.00 bits per heavy atom. The molecular formula is C8H7Br2NO. The summed E-state index contributed by atoms with van der Waals surface area (Å²) < 4.78 is 7.38. The van der Waals surface area contributed by atoms with Crippen LogP contribution in [-0.4, -0.2) is 6.61 Å². The molecule has 1 aromatic rings. The number of ether oxygens (including phenoxy) is 1. The molecule has 2 N–H and O–H groups in total. The molecule has 0 fully saturated rings. The van der Waals surface area contributed by atoms with E-state index in [4.69, 9.17) is 10.5 Å². The molecule has 1 aliphatic rings. The van der Waals surface area contributed by atoms with E-state index in [2.05, 4.69) is 31.9 Å². The third-order valence-corrected chi connectivity index (χ3v) is 3.71. The zero-order valence-electron chi connectivity index (χ0n) is 6.18. The average molecular weight is 293 g/mol. The van der Waals surface area contributed by atoms with Crippen molar-refractivity contribution in [2.24, 2.45) is 5.73 Å². The van der Waals surface area contributed by atoms with Gasteiger partial charge < -0.3 is 10.5 Å². The van der Waals surface area contributed by atoms with E-state index in [0.717, 1.165) is 20.3 Å². The van der Waals surface area contributed by atoms with Crippen LogP contribution in [0.3, 0.4) is 0 Å². The fourth-order valence-electron chi connectivity index (χ4n) is 1.23. The first-order chi connectivity index (χ1) is 5.68. The molecule has 0 unspecified atom stereocenters. The molecule has 2 rings (SSSR count). The van der Waals surface area contributed by atoms with E-state index in [1.807, 2.05) is 12.1 Å². The van der Waals surface area contributed by atoms with E-state index in [-0.39, 0.29) is 6.04 Å². The number of benzene rings is 1. The third kappa shape index (κ3) is 1.28. The molecule has 1 aliphatic heterocycles. The van der Waals surface area contributed by atoms with Gasteiger partial charge in [0.15, 0.2) is 0 Å². The van der Waals surface area contributed by atoms with Crippen LogP contribution >= 0.6 is 31.9 Å². The van der Waals surface area contributed by atoms with Crippen LogP contribution in [0.15, 0.2) is 21.1 Å². The minimum atomic E-state index is 0.0180. The standard InChI is InChI=1S/C8H7Br2NO/c9-5-1-4-7(11)3-12-8(4)2-6(5)10/h1-2,7H,3,11H2/t7-/m1/s1. The van der Waals surface area contributed by atoms with E-state index in [9.17, 15) is 0 Å². The van der Waals surface area contributed by atoms with Gasteiger partial charge in [-0.3, -0.25) is 0 Å². The lowest BCUT2D eigenvalue weighted by Gasteiger charge is -2.02. The number of fused-ring (bicyclic) bond motifs is 1. The van der Waals surface area contributed by atoms with E-state index in [1.54, 1.807) is 0 Å². The van der Waals surface area contributed by atoms with Crippen molar-refractivity contribution in [1.82, 2.24) is 0 Å². The summed E-state index contributed by atoms with van der Waals surface area (Å²) in [5.74, 6) is 0.887. The van der Waals surface area contributed by atoms with E-state index < -0.39 is 0 Å². The smallest absolute Gasteiger partial charge is 0.125 e. The van der Waals surface area contributed by atoms with Crippen LogP contribution in [0, 0.1) is 0 Å². The van der Waals surface area contributed by atoms with Gasteiger partial charge in [0, 0.05) is 14.5 Å². The molecule has 0 saturated heterocycles. The van der Waals surface area contributed by atoms with Crippen molar-refractivity contribution >= 4 is 31.9 Å². The second-order valence-electron chi connectivity index (χ2n) is 2.72. The van der Waals surface area contributed by atoms with Gasteiger partial charge >= 0.3 is 0 Å². The van der Waals surface area contributed by atoms with Gasteiger partial charge in [-0.1, -0.05) is 0 Å². The molecule has 4 heteroatoms. The molecule has 0 spiro atoms. The van der Waals surface area contributed by atoms with E-state index >= 15 is 0 Å². The van der Waals surface area contributed by atoms with Crippen molar-refractivity contribution in [3.05, 3.63) is 26.6 Å². The summed E-state index contributed by atoms with van der Waals surface area (Å²) in [4.78, 5) is 0. The number of nitrogens with two attached hydrogens (primary N) is 1. The Morgan fingerprint density at radius 3 is 2.75 bits per heavy atom. The predicted molar refractivity (Wildman–Crippen MR) is 54.3 cm³/mol. The quantitative estimate of drug-likeness (QED) is 0.798. The molecule has 2 nitrogen and oxygen atoms in total. The molecule has 0 aromatic heterocycles. The summed E-state index contributed by atoms with van der Waals surface area (Å²) in [6, 6.07) is 3.95. The van der Waals surface area contributed by atoms with Gasteiger partial charge in [-0.15, -0.1) is 0 Å². The van der Waals surface area contributed by atoms with E-state index in [0.29, 0.717) is 6.61 Å². The first-order valence-corrected chi connectivity index (χ1v) is 5.14. The fraction of sp³-hybridized carbons (Fsp3) is 0.250. The van der Waals surface area contributed by atoms with Crippen LogP contribution in [0.1, 0.15) is 11.6 Å². The second-order valence-corrected chi connectivity index (χ2v) is 4.43. The van der Waals surface area contributed by atoms with Crippen LogP contribution < -0.4 is 10.5 Å². The zero-order valence-corrected chi connectivity index (χ0v) is 9.35. The summed E-state index contributed by atoms with van der Waals surface area (Å²) >= 11 is 6.82. The molecule has 0 radical (unpaired) electrons. The van der Waals surface area contributed by atoms with Gasteiger partial charge in [-0.2, -0.15) is 0 Å². The summed E-state index contributed by atoms with van der Waals surface area (Å²) in [5.41, 5.74) is 6.88. The molecule has 12 heavy (non-hydrogen) atoms. The molecule has 0 amide bonds. The lowest BCUT2D eigenvalue weighted by Crippen LogP contribution is -2.10. The van der Waals surface area contributed by atoms with Gasteiger partial charge in [-0.05, 0) is 44.0 Å². The third-order valence-electron chi connectivity index (χ3n) is 1.87. The lowest BCUT2D eigenvalue weighted by atomic mass is 10.1. The molecule has 0 aliphatic carbocycles. The van der Waals surface area contributed by atoms with Crippen LogP contribution in [0.2, 0.25) is 0 Å². The van der Waals surface area contributed by atoms with Crippen molar-refractivity contribution in [2.75, 3.05) is 6.61 Å². The minimum Gasteiger partial charge on any atom is -0.491 e. The topological polar surface area (TPSA) is 35.2 Å². The highest BCUT2D eigenvalue weighted by Gasteiger charge is 2.21. The molecule has 64 valence electrons. The summed E-state index contributed by atoms with van der Waals surface area (Å²) in [6.07, 6.45) is 0. The summed E-state index contributed by atoms with van der Waals surface area (Å²) in [5, 5.41) is 0. The maximum absolute atomic E-state index is 5.80. The molecular weight excluding hydrogens is 286 g/mol. The summed E-state index contributed by atoms with van der Waals surface area (Å²) in [6.45, 7) is 0.582. The lowest BCUT2D eigenvalue weighted by molar-refractivity contribution is 0.333. The molecule has 1 atom stereocenters. The van der Waals surface area contributed by atoms with Crippen molar-refractivity contribution < 1.29 is 4.74 Å². The zero-order chi connectivity index (χ0) is 8.72. The van der Waals surface area contributed by atoms with Crippen molar-refractivity contribution in [1.29, 1.82) is 0 Å². The van der Waals surface area contributed by atoms with Crippen LogP contribution in [0.5, 0.6) is 5.75 Å². The minimum absolute atomic E-state index is 0.0180. The molecule has 1 aromatic carbocycles. The highest BCUT2D eigenvalue weighted by molar-refractivity contribution is 9.13. The van der Waals surface area contributed by atoms with Gasteiger partial charge in [-0.25, -0.2) is 0 Å². The number of halogens is 2. The largest absolute Gasteiger partial charge is 0.491 e. The fourth-order valence-corrected chi connectivity index (χ4v) is 1.91. The summed E-state index contributed by atoms with van der Waals surface area (Å²) in [7, 11) is 0. The monoisotopic (exact) mass is 291 g/mol. The Kier molecular flexibility index (Phi) is 2.14. The predicted octanol–water partition coefficient (Wildman–Crippen LogP) is 2.60. The Hall–Kier alpha value is -0.0600. The first-order valence-electron chi connectivity index (χ1n) is 3.56. The Bertz CT molecular complexity index is 327. The Labute approximate surface area is 87.3 Å². The first kappa shape index (κ1) is 8.53. The second kappa shape index (κ2) is 3.01. The molecule has 1 heterocycles. The Morgan fingerprint density at radius 1 is 1.33 bits per heavy atom. The molecule has 0 bridgehead atoms. The molecule has 0 saturated carbocycles. The Balaban J connectivity index is 2.56. The maximum atomic E-state index is 5.80. The maximum Gasteiger partial charge on any atom is 0.125 e. The highest BCUT2D eigenvalue weighted by atomic mass is 79.9. The van der Waals surface area contributed by atoms with Crippen molar-refractivity contribution in [3.8, 4) is 5.75 Å². The SMILES string of the molecule is N[C@@H]1COc2cc(Br)c(Br)cc21. The van der Waals surface area contributed by atoms with Crippen LogP contribution in [0.25, 0.3) is 0 Å². The number of rotatable bonds is 0. The average Bonchev–Trinajstić information content (AvgIpc) is 2.35. The van der Waals surface area contributed by atoms with Crippen molar-refractivity contribution in [2.45, 2.75) is 6.04 Å². The normalized spacial score (nSPS) is 20.4. The number of hydrogen-bond donors (Lipinski definition) is 1. The number of hydrogen-bond acceptors (Lipinski definition) is 2. The van der Waals surface area contributed by atoms with E-state index in [1.165, 1.54) is 0 Å². The van der Waals surface area contributed by atoms with Gasteiger partial charge in [0.25, 0.3) is 0 Å². The van der Waals surface area contributed by atoms with Crippen LogP contribution in [-0.2, 0) is 0 Å². The van der Waals surface area contributed by atoms with Gasteiger partial charge in [0.2, 0.25) is 0 Å².